The first-order valence-electron chi connectivity index (χ1n) is 7.09. The van der Waals surface area contributed by atoms with E-state index in [0.29, 0.717) is 0 Å². The number of benzene rings is 2. The molecule has 1 aliphatic heterocycles. The Morgan fingerprint density at radius 3 is 2.67 bits per heavy atom. The maximum Gasteiger partial charge on any atom is 0.157 e. The lowest BCUT2D eigenvalue weighted by molar-refractivity contribution is 0.402. The van der Waals surface area contributed by atoms with Crippen LogP contribution in [0.1, 0.15) is 22.6 Å². The van der Waals surface area contributed by atoms with Gasteiger partial charge in [-0.05, 0) is 54.1 Å². The molecule has 2 aromatic carbocycles. The van der Waals surface area contributed by atoms with Crippen LogP contribution in [0.5, 0.6) is 11.5 Å². The Kier molecular flexibility index (Phi) is 4.08. The molecule has 3 rings (SSSR count). The molecule has 0 radical (unpaired) electrons. The molecule has 0 aliphatic carbocycles. The molecule has 0 saturated heterocycles. The average Bonchev–Trinajstić information content (AvgIpc) is 2.70. The van der Waals surface area contributed by atoms with Crippen LogP contribution in [0.25, 0.3) is 0 Å². The van der Waals surface area contributed by atoms with Gasteiger partial charge in [0.2, 0.25) is 0 Å². The molecule has 4 heteroatoms. The summed E-state index contributed by atoms with van der Waals surface area (Å²) in [6, 6.07) is 11.8. The SMILES string of the molecule is CSc1ccccc1C1CNCCc2cc(O)c(O)cc21. The van der Waals surface area contributed by atoms with Gasteiger partial charge < -0.3 is 15.5 Å². The molecule has 0 saturated carbocycles. The zero-order valence-corrected chi connectivity index (χ0v) is 12.8. The second-order valence-corrected chi connectivity index (χ2v) is 6.14. The van der Waals surface area contributed by atoms with Crippen molar-refractivity contribution in [2.45, 2.75) is 17.2 Å². The van der Waals surface area contributed by atoms with E-state index in [9.17, 15) is 10.2 Å². The third-order valence-corrected chi connectivity index (χ3v) is 4.86. The molecule has 0 spiro atoms. The first-order chi connectivity index (χ1) is 10.2. The first-order valence-corrected chi connectivity index (χ1v) is 8.31. The fourth-order valence-electron chi connectivity index (χ4n) is 2.99. The van der Waals surface area contributed by atoms with Crippen molar-refractivity contribution >= 4 is 11.8 Å². The van der Waals surface area contributed by atoms with Crippen molar-refractivity contribution in [3.63, 3.8) is 0 Å². The predicted molar refractivity (Wildman–Crippen MR) is 86.4 cm³/mol. The van der Waals surface area contributed by atoms with Crippen molar-refractivity contribution in [3.05, 3.63) is 53.1 Å². The van der Waals surface area contributed by atoms with Gasteiger partial charge in [-0.25, -0.2) is 0 Å². The molecule has 1 aliphatic rings. The van der Waals surface area contributed by atoms with Crippen LogP contribution < -0.4 is 5.32 Å². The lowest BCUT2D eigenvalue weighted by Gasteiger charge is -2.21. The summed E-state index contributed by atoms with van der Waals surface area (Å²) >= 11 is 1.74. The summed E-state index contributed by atoms with van der Waals surface area (Å²) in [5.74, 6) is 0.118. The van der Waals surface area contributed by atoms with Crippen molar-refractivity contribution in [3.8, 4) is 11.5 Å². The van der Waals surface area contributed by atoms with Crippen molar-refractivity contribution in [2.75, 3.05) is 19.3 Å². The lowest BCUT2D eigenvalue weighted by Crippen LogP contribution is -2.21. The van der Waals surface area contributed by atoms with Crippen LogP contribution >= 0.6 is 11.8 Å². The Morgan fingerprint density at radius 1 is 1.10 bits per heavy atom. The van der Waals surface area contributed by atoms with Gasteiger partial charge in [0.05, 0.1) is 0 Å². The van der Waals surface area contributed by atoms with E-state index in [1.54, 1.807) is 23.9 Å². The highest BCUT2D eigenvalue weighted by Crippen LogP contribution is 2.38. The summed E-state index contributed by atoms with van der Waals surface area (Å²) < 4.78 is 0. The number of hydrogen-bond acceptors (Lipinski definition) is 4. The van der Waals surface area contributed by atoms with Gasteiger partial charge in [-0.15, -0.1) is 11.8 Å². The summed E-state index contributed by atoms with van der Waals surface area (Å²) in [4.78, 5) is 1.25. The Balaban J connectivity index is 2.14. The van der Waals surface area contributed by atoms with Crippen LogP contribution in [0.2, 0.25) is 0 Å². The summed E-state index contributed by atoms with van der Waals surface area (Å²) in [7, 11) is 0. The number of hydrogen-bond donors (Lipinski definition) is 3. The lowest BCUT2D eigenvalue weighted by atomic mass is 9.87. The second-order valence-electron chi connectivity index (χ2n) is 5.29. The highest BCUT2D eigenvalue weighted by molar-refractivity contribution is 7.98. The number of rotatable bonds is 2. The van der Waals surface area contributed by atoms with E-state index in [0.717, 1.165) is 30.6 Å². The largest absolute Gasteiger partial charge is 0.504 e. The van der Waals surface area contributed by atoms with Crippen molar-refractivity contribution in [2.24, 2.45) is 0 Å². The molecule has 3 nitrogen and oxygen atoms in total. The van der Waals surface area contributed by atoms with Gasteiger partial charge in [-0.1, -0.05) is 18.2 Å². The fraction of sp³-hybridized carbons (Fsp3) is 0.294. The van der Waals surface area contributed by atoms with E-state index in [-0.39, 0.29) is 17.4 Å². The molecule has 0 fully saturated rings. The number of thioether (sulfide) groups is 1. The number of fused-ring (bicyclic) bond motifs is 1. The summed E-state index contributed by atoms with van der Waals surface area (Å²) in [5, 5.41) is 23.1. The minimum absolute atomic E-state index is 0.0347. The molecular weight excluding hydrogens is 282 g/mol. The quantitative estimate of drug-likeness (QED) is 0.589. The normalized spacial score (nSPS) is 18.0. The molecule has 110 valence electrons. The van der Waals surface area contributed by atoms with E-state index < -0.39 is 0 Å². The minimum atomic E-state index is -0.0396. The monoisotopic (exact) mass is 301 g/mol. The molecule has 21 heavy (non-hydrogen) atoms. The molecule has 1 unspecified atom stereocenters. The van der Waals surface area contributed by atoms with Gasteiger partial charge in [-0.3, -0.25) is 0 Å². The Labute approximate surface area is 129 Å². The first kappa shape index (κ1) is 14.3. The van der Waals surface area contributed by atoms with E-state index in [1.165, 1.54) is 10.5 Å². The Hall–Kier alpha value is -1.65. The summed E-state index contributed by atoms with van der Waals surface area (Å²) in [5.41, 5.74) is 3.48. The number of phenols is 2. The van der Waals surface area contributed by atoms with Crippen LogP contribution in [0, 0.1) is 0 Å². The number of phenolic OH excluding ortho intramolecular Hbond substituents is 2. The third kappa shape index (κ3) is 2.74. The maximum atomic E-state index is 9.88. The second kappa shape index (κ2) is 6.00. The van der Waals surface area contributed by atoms with Gasteiger partial charge in [-0.2, -0.15) is 0 Å². The molecule has 1 heterocycles. The molecule has 1 atom stereocenters. The Bertz CT molecular complexity index is 657. The van der Waals surface area contributed by atoms with Gasteiger partial charge in [0, 0.05) is 17.4 Å². The maximum absolute atomic E-state index is 9.88. The molecule has 0 amide bonds. The third-order valence-electron chi connectivity index (χ3n) is 4.05. The van der Waals surface area contributed by atoms with Crippen LogP contribution in [0.4, 0.5) is 0 Å². The molecule has 0 aromatic heterocycles. The topological polar surface area (TPSA) is 52.5 Å². The molecule has 3 N–H and O–H groups in total. The van der Waals surface area contributed by atoms with Crippen molar-refractivity contribution in [1.82, 2.24) is 5.32 Å². The summed E-state index contributed by atoms with van der Waals surface area (Å²) in [6.07, 6.45) is 2.94. The van der Waals surface area contributed by atoms with Crippen LogP contribution in [0.3, 0.4) is 0 Å². The van der Waals surface area contributed by atoms with E-state index in [4.69, 9.17) is 0 Å². The fourth-order valence-corrected chi connectivity index (χ4v) is 3.65. The molecule has 2 aromatic rings. The zero-order valence-electron chi connectivity index (χ0n) is 12.0. The van der Waals surface area contributed by atoms with Gasteiger partial charge >= 0.3 is 0 Å². The van der Waals surface area contributed by atoms with Crippen LogP contribution in [-0.2, 0) is 6.42 Å². The average molecular weight is 301 g/mol. The van der Waals surface area contributed by atoms with E-state index >= 15 is 0 Å². The summed E-state index contributed by atoms with van der Waals surface area (Å²) in [6.45, 7) is 1.73. The Morgan fingerprint density at radius 2 is 1.86 bits per heavy atom. The smallest absolute Gasteiger partial charge is 0.157 e. The number of nitrogens with one attached hydrogen (secondary N) is 1. The van der Waals surface area contributed by atoms with Gasteiger partial charge in [0.25, 0.3) is 0 Å². The highest BCUT2D eigenvalue weighted by Gasteiger charge is 2.23. The predicted octanol–water partition coefficient (Wildman–Crippen LogP) is 3.10. The minimum Gasteiger partial charge on any atom is -0.504 e. The van der Waals surface area contributed by atoms with Gasteiger partial charge in [0.1, 0.15) is 0 Å². The van der Waals surface area contributed by atoms with Crippen molar-refractivity contribution in [1.29, 1.82) is 0 Å². The van der Waals surface area contributed by atoms with E-state index in [2.05, 4.69) is 35.8 Å². The molecule has 0 bridgehead atoms. The van der Waals surface area contributed by atoms with Gasteiger partial charge in [0.15, 0.2) is 11.5 Å². The number of aromatic hydroxyl groups is 2. The molecular formula is C17H19NO2S. The van der Waals surface area contributed by atoms with Crippen LogP contribution in [0.15, 0.2) is 41.3 Å². The standard InChI is InChI=1S/C17H19NO2S/c1-21-17-5-3-2-4-12(17)14-10-18-7-6-11-8-15(19)16(20)9-13(11)14/h2-5,8-9,14,18-20H,6-7,10H2,1H3. The van der Waals surface area contributed by atoms with E-state index in [1.807, 2.05) is 0 Å². The zero-order chi connectivity index (χ0) is 14.8. The van der Waals surface area contributed by atoms with Crippen molar-refractivity contribution < 1.29 is 10.2 Å². The van der Waals surface area contributed by atoms with Crippen LogP contribution in [-0.4, -0.2) is 29.6 Å². The highest BCUT2D eigenvalue weighted by atomic mass is 32.2.